The average molecular weight is 143 g/mol. The van der Waals surface area contributed by atoms with Crippen LogP contribution in [0.1, 0.15) is 12.8 Å². The minimum absolute atomic E-state index is 0.326. The lowest BCUT2D eigenvalue weighted by Gasteiger charge is -2.03. The summed E-state index contributed by atoms with van der Waals surface area (Å²) in [4.78, 5) is 10.6. The number of ketones is 1. The molecule has 10 heavy (non-hydrogen) atoms. The molecule has 0 rings (SSSR count). The molecule has 0 saturated heterocycles. The summed E-state index contributed by atoms with van der Waals surface area (Å²) in [6, 6.07) is 0. The van der Waals surface area contributed by atoms with E-state index < -0.39 is 6.10 Å². The van der Waals surface area contributed by atoms with Gasteiger partial charge in [0.1, 0.15) is 6.10 Å². The predicted molar refractivity (Wildman–Crippen MR) is 39.5 cm³/mol. The maximum atomic E-state index is 10.6. The Kier molecular flexibility index (Phi) is 4.80. The first-order chi connectivity index (χ1) is 4.72. The molecular formula is C7H13NO2. The molecule has 0 aromatic heterocycles. The van der Waals surface area contributed by atoms with Crippen LogP contribution < -0.4 is 5.73 Å². The van der Waals surface area contributed by atoms with E-state index in [0.717, 1.165) is 6.08 Å². The van der Waals surface area contributed by atoms with Gasteiger partial charge in [0.25, 0.3) is 0 Å². The molecule has 0 bridgehead atoms. The van der Waals surface area contributed by atoms with E-state index in [-0.39, 0.29) is 5.78 Å². The molecule has 1 atom stereocenters. The van der Waals surface area contributed by atoms with Crippen molar-refractivity contribution in [3.05, 3.63) is 12.7 Å². The minimum atomic E-state index is -0.902. The first kappa shape index (κ1) is 9.33. The number of nitrogens with two attached hydrogens (primary N) is 1. The van der Waals surface area contributed by atoms with Gasteiger partial charge in [-0.3, -0.25) is 4.79 Å². The van der Waals surface area contributed by atoms with E-state index in [1.807, 2.05) is 0 Å². The fourth-order valence-corrected chi connectivity index (χ4v) is 0.589. The SMILES string of the molecule is C=CC(=O)C(O)CCCN. The van der Waals surface area contributed by atoms with E-state index in [0.29, 0.717) is 19.4 Å². The van der Waals surface area contributed by atoms with Gasteiger partial charge in [-0.2, -0.15) is 0 Å². The zero-order chi connectivity index (χ0) is 7.98. The lowest BCUT2D eigenvalue weighted by molar-refractivity contribution is -0.122. The predicted octanol–water partition coefficient (Wildman–Crippen LogP) is -0.159. The smallest absolute Gasteiger partial charge is 0.183 e. The van der Waals surface area contributed by atoms with Crippen molar-refractivity contribution in [3.8, 4) is 0 Å². The van der Waals surface area contributed by atoms with Crippen molar-refractivity contribution < 1.29 is 9.90 Å². The van der Waals surface area contributed by atoms with Crippen molar-refractivity contribution >= 4 is 5.78 Å². The van der Waals surface area contributed by atoms with Crippen molar-refractivity contribution in [2.75, 3.05) is 6.54 Å². The normalized spacial score (nSPS) is 12.6. The molecule has 3 nitrogen and oxygen atoms in total. The Morgan fingerprint density at radius 3 is 2.80 bits per heavy atom. The van der Waals surface area contributed by atoms with Crippen LogP contribution in [0.5, 0.6) is 0 Å². The Balaban J connectivity index is 3.51. The van der Waals surface area contributed by atoms with Gasteiger partial charge in [-0.15, -0.1) is 0 Å². The second kappa shape index (κ2) is 5.14. The van der Waals surface area contributed by atoms with E-state index in [1.54, 1.807) is 0 Å². The van der Waals surface area contributed by atoms with Crippen LogP contribution in [0, 0.1) is 0 Å². The molecule has 0 heterocycles. The zero-order valence-corrected chi connectivity index (χ0v) is 5.92. The van der Waals surface area contributed by atoms with Crippen molar-refractivity contribution in [2.45, 2.75) is 18.9 Å². The summed E-state index contributed by atoms with van der Waals surface area (Å²) in [5, 5.41) is 8.97. The van der Waals surface area contributed by atoms with Crippen molar-refractivity contribution in [1.29, 1.82) is 0 Å². The molecular weight excluding hydrogens is 130 g/mol. The number of carbonyl (C=O) groups is 1. The van der Waals surface area contributed by atoms with Gasteiger partial charge in [-0.1, -0.05) is 6.58 Å². The zero-order valence-electron chi connectivity index (χ0n) is 5.92. The highest BCUT2D eigenvalue weighted by Gasteiger charge is 2.09. The van der Waals surface area contributed by atoms with Crippen LogP contribution in [0.4, 0.5) is 0 Å². The summed E-state index contributed by atoms with van der Waals surface area (Å²) in [7, 11) is 0. The topological polar surface area (TPSA) is 63.3 Å². The highest BCUT2D eigenvalue weighted by molar-refractivity contribution is 5.92. The van der Waals surface area contributed by atoms with Crippen LogP contribution in [0.3, 0.4) is 0 Å². The Labute approximate surface area is 60.5 Å². The fourth-order valence-electron chi connectivity index (χ4n) is 0.589. The fraction of sp³-hybridized carbons (Fsp3) is 0.571. The van der Waals surface area contributed by atoms with E-state index >= 15 is 0 Å². The molecule has 0 aliphatic carbocycles. The monoisotopic (exact) mass is 143 g/mol. The van der Waals surface area contributed by atoms with Crippen LogP contribution in [-0.2, 0) is 4.79 Å². The van der Waals surface area contributed by atoms with Crippen molar-refractivity contribution in [1.82, 2.24) is 0 Å². The molecule has 3 N–H and O–H groups in total. The minimum Gasteiger partial charge on any atom is -0.385 e. The molecule has 0 aliphatic heterocycles. The third kappa shape index (κ3) is 3.37. The lowest BCUT2D eigenvalue weighted by atomic mass is 10.1. The summed E-state index contributed by atoms with van der Waals surface area (Å²) in [5.74, 6) is -0.326. The van der Waals surface area contributed by atoms with E-state index in [1.165, 1.54) is 0 Å². The summed E-state index contributed by atoms with van der Waals surface area (Å²) in [5.41, 5.74) is 5.17. The molecule has 3 heteroatoms. The number of aliphatic hydroxyl groups excluding tert-OH is 1. The van der Waals surface area contributed by atoms with Crippen LogP contribution in [-0.4, -0.2) is 23.5 Å². The summed E-state index contributed by atoms with van der Waals surface area (Å²) >= 11 is 0. The summed E-state index contributed by atoms with van der Waals surface area (Å²) in [6.45, 7) is 3.75. The van der Waals surface area contributed by atoms with Crippen LogP contribution in [0.15, 0.2) is 12.7 Å². The Morgan fingerprint density at radius 1 is 1.80 bits per heavy atom. The second-order valence-corrected chi connectivity index (χ2v) is 2.05. The third-order valence-corrected chi connectivity index (χ3v) is 1.21. The summed E-state index contributed by atoms with van der Waals surface area (Å²) < 4.78 is 0. The molecule has 0 spiro atoms. The highest BCUT2D eigenvalue weighted by atomic mass is 16.3. The van der Waals surface area contributed by atoms with Crippen LogP contribution >= 0.6 is 0 Å². The highest BCUT2D eigenvalue weighted by Crippen LogP contribution is 1.96. The Bertz CT molecular complexity index is 123. The molecule has 0 radical (unpaired) electrons. The first-order valence-corrected chi connectivity index (χ1v) is 3.26. The van der Waals surface area contributed by atoms with E-state index in [2.05, 4.69) is 6.58 Å². The number of hydrogen-bond acceptors (Lipinski definition) is 3. The third-order valence-electron chi connectivity index (χ3n) is 1.21. The average Bonchev–Trinajstić information content (AvgIpc) is 1.98. The molecule has 0 aromatic carbocycles. The standard InChI is InChI=1S/C7H13NO2/c1-2-6(9)7(10)4-3-5-8/h2,7,10H,1,3-5,8H2. The molecule has 58 valence electrons. The van der Waals surface area contributed by atoms with Gasteiger partial charge in [-0.05, 0) is 25.5 Å². The molecule has 1 unspecified atom stereocenters. The molecule has 0 saturated carbocycles. The van der Waals surface area contributed by atoms with Gasteiger partial charge in [0.2, 0.25) is 0 Å². The number of hydrogen-bond donors (Lipinski definition) is 2. The van der Waals surface area contributed by atoms with Gasteiger partial charge in [-0.25, -0.2) is 0 Å². The van der Waals surface area contributed by atoms with Gasteiger partial charge in [0.15, 0.2) is 5.78 Å². The Hall–Kier alpha value is -0.670. The number of aliphatic hydroxyl groups is 1. The number of rotatable bonds is 5. The first-order valence-electron chi connectivity index (χ1n) is 3.26. The van der Waals surface area contributed by atoms with Gasteiger partial charge < -0.3 is 10.8 Å². The Morgan fingerprint density at radius 2 is 2.40 bits per heavy atom. The maximum absolute atomic E-state index is 10.6. The molecule has 0 aromatic rings. The van der Waals surface area contributed by atoms with Gasteiger partial charge in [0, 0.05) is 0 Å². The molecule has 0 aliphatic rings. The summed E-state index contributed by atoms with van der Waals surface area (Å²) in [6.07, 6.45) is 1.32. The largest absolute Gasteiger partial charge is 0.385 e. The molecule has 0 fully saturated rings. The number of carbonyl (C=O) groups excluding carboxylic acids is 1. The molecule has 0 amide bonds. The van der Waals surface area contributed by atoms with Crippen molar-refractivity contribution in [3.63, 3.8) is 0 Å². The quantitative estimate of drug-likeness (QED) is 0.526. The van der Waals surface area contributed by atoms with E-state index in [9.17, 15) is 4.79 Å². The van der Waals surface area contributed by atoms with Crippen LogP contribution in [0.2, 0.25) is 0 Å². The van der Waals surface area contributed by atoms with Gasteiger partial charge >= 0.3 is 0 Å². The lowest BCUT2D eigenvalue weighted by Crippen LogP contribution is -2.18. The maximum Gasteiger partial charge on any atom is 0.183 e. The van der Waals surface area contributed by atoms with Crippen molar-refractivity contribution in [2.24, 2.45) is 5.73 Å². The second-order valence-electron chi connectivity index (χ2n) is 2.05. The van der Waals surface area contributed by atoms with E-state index in [4.69, 9.17) is 10.8 Å². The van der Waals surface area contributed by atoms with Crippen LogP contribution in [0.25, 0.3) is 0 Å². The van der Waals surface area contributed by atoms with Gasteiger partial charge in [0.05, 0.1) is 0 Å².